The number of sulfonamides is 1. The summed E-state index contributed by atoms with van der Waals surface area (Å²) in [5.41, 5.74) is 0.791. The van der Waals surface area contributed by atoms with Gasteiger partial charge in [0.1, 0.15) is 11.6 Å². The molecule has 0 aromatic carbocycles. The van der Waals surface area contributed by atoms with Gasteiger partial charge in [0.05, 0.1) is 26.1 Å². The minimum Gasteiger partial charge on any atom is -0.378 e. The van der Waals surface area contributed by atoms with Crippen molar-refractivity contribution in [3.8, 4) is 0 Å². The third-order valence-electron chi connectivity index (χ3n) is 4.09. The second-order valence-electron chi connectivity index (χ2n) is 6.46. The van der Waals surface area contributed by atoms with E-state index in [0.717, 1.165) is 24.6 Å². The molecule has 3 heterocycles. The van der Waals surface area contributed by atoms with Gasteiger partial charge in [0, 0.05) is 37.1 Å². The highest BCUT2D eigenvalue weighted by Gasteiger charge is 2.19. The summed E-state index contributed by atoms with van der Waals surface area (Å²) in [5.74, 6) is 1.22. The first-order chi connectivity index (χ1) is 12.3. The Balaban J connectivity index is 1.72. The van der Waals surface area contributed by atoms with Crippen molar-refractivity contribution in [2.45, 2.75) is 38.4 Å². The molecular formula is C16H24N6O3S. The van der Waals surface area contributed by atoms with Crippen molar-refractivity contribution >= 4 is 15.8 Å². The van der Waals surface area contributed by atoms with Crippen LogP contribution in [0.5, 0.6) is 0 Å². The number of morpholine rings is 1. The van der Waals surface area contributed by atoms with Gasteiger partial charge in [-0.05, 0) is 20.8 Å². The molecule has 3 rings (SSSR count). The van der Waals surface area contributed by atoms with Gasteiger partial charge < -0.3 is 14.2 Å². The quantitative estimate of drug-likeness (QED) is 0.793. The summed E-state index contributed by atoms with van der Waals surface area (Å²) in [5, 5.41) is -0.00717. The number of hydrogen-bond donors (Lipinski definition) is 1. The number of ether oxygens (including phenoxy) is 1. The van der Waals surface area contributed by atoms with Crippen molar-refractivity contribution in [3.05, 3.63) is 30.1 Å². The van der Waals surface area contributed by atoms with Crippen LogP contribution in [0.2, 0.25) is 0 Å². The minimum atomic E-state index is -3.72. The molecule has 2 aromatic rings. The zero-order valence-corrected chi connectivity index (χ0v) is 16.0. The Morgan fingerprint density at radius 2 is 2.00 bits per heavy atom. The first-order valence-corrected chi connectivity index (χ1v) is 10.0. The molecule has 2 aromatic heterocycles. The Bertz CT molecular complexity index is 859. The molecule has 9 nitrogen and oxygen atoms in total. The Labute approximate surface area is 153 Å². The van der Waals surface area contributed by atoms with Crippen LogP contribution in [0.3, 0.4) is 0 Å². The van der Waals surface area contributed by atoms with Gasteiger partial charge in [0.15, 0.2) is 5.03 Å². The van der Waals surface area contributed by atoms with E-state index >= 15 is 0 Å². The molecule has 0 saturated carbocycles. The fraction of sp³-hybridized carbons (Fsp3) is 0.562. The Kier molecular flexibility index (Phi) is 5.54. The second-order valence-corrected chi connectivity index (χ2v) is 8.17. The lowest BCUT2D eigenvalue weighted by molar-refractivity contribution is 0.122. The van der Waals surface area contributed by atoms with Crippen LogP contribution in [0.1, 0.15) is 31.4 Å². The zero-order chi connectivity index (χ0) is 18.7. The van der Waals surface area contributed by atoms with Crippen LogP contribution in [-0.2, 0) is 21.3 Å². The highest BCUT2D eigenvalue weighted by molar-refractivity contribution is 7.89. The molecule has 0 unspecified atom stereocenters. The molecule has 1 fully saturated rings. The Hall–Kier alpha value is -2.04. The second kappa shape index (κ2) is 7.68. The van der Waals surface area contributed by atoms with Crippen molar-refractivity contribution in [2.24, 2.45) is 0 Å². The Morgan fingerprint density at radius 3 is 2.65 bits per heavy atom. The van der Waals surface area contributed by atoms with Crippen LogP contribution in [0.15, 0.2) is 23.6 Å². The summed E-state index contributed by atoms with van der Waals surface area (Å²) in [6.45, 7) is 8.62. The number of nitrogens with zero attached hydrogens (tertiary/aromatic N) is 5. The van der Waals surface area contributed by atoms with E-state index in [1.54, 1.807) is 4.57 Å². The number of hydrogen-bond acceptors (Lipinski definition) is 7. The monoisotopic (exact) mass is 380 g/mol. The third-order valence-corrected chi connectivity index (χ3v) is 5.38. The number of aryl methyl sites for hydroxylation is 1. The molecule has 1 N–H and O–H groups in total. The average molecular weight is 380 g/mol. The van der Waals surface area contributed by atoms with Crippen LogP contribution in [0, 0.1) is 6.92 Å². The Morgan fingerprint density at radius 1 is 1.27 bits per heavy atom. The van der Waals surface area contributed by atoms with Crippen molar-refractivity contribution in [2.75, 3.05) is 31.2 Å². The zero-order valence-electron chi connectivity index (χ0n) is 15.2. The number of nitrogens with one attached hydrogen (secondary N) is 1. The number of aromatic nitrogens is 4. The molecule has 1 aliphatic rings. The smallest absolute Gasteiger partial charge is 0.259 e. The van der Waals surface area contributed by atoms with Crippen LogP contribution in [-0.4, -0.2) is 54.2 Å². The third kappa shape index (κ3) is 4.37. The van der Waals surface area contributed by atoms with E-state index in [0.29, 0.717) is 19.0 Å². The fourth-order valence-corrected chi connectivity index (χ4v) is 3.53. The lowest BCUT2D eigenvalue weighted by Gasteiger charge is -2.28. The first kappa shape index (κ1) is 18.7. The van der Waals surface area contributed by atoms with Gasteiger partial charge >= 0.3 is 0 Å². The largest absolute Gasteiger partial charge is 0.378 e. The van der Waals surface area contributed by atoms with Crippen LogP contribution in [0.25, 0.3) is 0 Å². The summed E-state index contributed by atoms with van der Waals surface area (Å²) >= 11 is 0. The van der Waals surface area contributed by atoms with E-state index < -0.39 is 10.0 Å². The molecule has 1 aliphatic heterocycles. The topological polar surface area (TPSA) is 102 Å². The average Bonchev–Trinajstić information content (AvgIpc) is 3.12. The SMILES string of the molecule is Cc1cc(N2CCOCC2)nc(CNS(=O)(=O)c2cn(C(C)C)cn2)n1. The number of rotatable bonds is 6. The normalized spacial score (nSPS) is 15.6. The highest BCUT2D eigenvalue weighted by atomic mass is 32.2. The molecule has 0 bridgehead atoms. The first-order valence-electron chi connectivity index (χ1n) is 8.55. The maximum absolute atomic E-state index is 12.4. The number of anilines is 1. The van der Waals surface area contributed by atoms with Crippen LogP contribution >= 0.6 is 0 Å². The maximum atomic E-state index is 12.4. The standard InChI is InChI=1S/C16H24N6O3S/c1-12(2)22-10-16(17-11-22)26(23,24)18-9-14-19-13(3)8-15(20-14)21-4-6-25-7-5-21/h8,10-12,18H,4-7,9H2,1-3H3. The van der Waals surface area contributed by atoms with Crippen molar-refractivity contribution in [3.63, 3.8) is 0 Å². The summed E-state index contributed by atoms with van der Waals surface area (Å²) < 4.78 is 34.5. The lowest BCUT2D eigenvalue weighted by atomic mass is 10.3. The van der Waals surface area contributed by atoms with E-state index in [4.69, 9.17) is 4.74 Å². The highest BCUT2D eigenvalue weighted by Crippen LogP contribution is 2.15. The van der Waals surface area contributed by atoms with Gasteiger partial charge in [-0.3, -0.25) is 0 Å². The van der Waals surface area contributed by atoms with Gasteiger partial charge in [-0.1, -0.05) is 0 Å². The molecule has 0 amide bonds. The molecule has 0 atom stereocenters. The predicted octanol–water partition coefficient (Wildman–Crippen LogP) is 0.878. The van der Waals surface area contributed by atoms with Gasteiger partial charge in [0.25, 0.3) is 10.0 Å². The van der Waals surface area contributed by atoms with Gasteiger partial charge in [-0.25, -0.2) is 28.1 Å². The van der Waals surface area contributed by atoms with Crippen molar-refractivity contribution in [1.29, 1.82) is 0 Å². The van der Waals surface area contributed by atoms with E-state index in [1.165, 1.54) is 12.5 Å². The van der Waals surface area contributed by atoms with E-state index in [1.807, 2.05) is 26.8 Å². The predicted molar refractivity (Wildman–Crippen MR) is 96.4 cm³/mol. The maximum Gasteiger partial charge on any atom is 0.259 e. The molecule has 0 aliphatic carbocycles. The van der Waals surface area contributed by atoms with Crippen LogP contribution < -0.4 is 9.62 Å². The summed E-state index contributed by atoms with van der Waals surface area (Å²) in [6.07, 6.45) is 3.03. The summed E-state index contributed by atoms with van der Waals surface area (Å²) in [4.78, 5) is 14.9. The minimum absolute atomic E-state index is 0.00717. The lowest BCUT2D eigenvalue weighted by Crippen LogP contribution is -2.37. The van der Waals surface area contributed by atoms with E-state index in [-0.39, 0.29) is 17.6 Å². The van der Waals surface area contributed by atoms with E-state index in [2.05, 4.69) is 24.6 Å². The van der Waals surface area contributed by atoms with Gasteiger partial charge in [0.2, 0.25) is 0 Å². The van der Waals surface area contributed by atoms with E-state index in [9.17, 15) is 8.42 Å². The summed E-state index contributed by atoms with van der Waals surface area (Å²) in [7, 11) is -3.72. The van der Waals surface area contributed by atoms with Gasteiger partial charge in [-0.2, -0.15) is 0 Å². The van der Waals surface area contributed by atoms with Crippen LogP contribution in [0.4, 0.5) is 5.82 Å². The fourth-order valence-electron chi connectivity index (χ4n) is 2.62. The molecule has 0 radical (unpaired) electrons. The summed E-state index contributed by atoms with van der Waals surface area (Å²) in [6, 6.07) is 2.04. The molecule has 0 spiro atoms. The van der Waals surface area contributed by atoms with Gasteiger partial charge in [-0.15, -0.1) is 0 Å². The molecule has 26 heavy (non-hydrogen) atoms. The van der Waals surface area contributed by atoms with Crippen molar-refractivity contribution < 1.29 is 13.2 Å². The molecule has 1 saturated heterocycles. The van der Waals surface area contributed by atoms with Crippen molar-refractivity contribution in [1.82, 2.24) is 24.2 Å². The molecule has 10 heteroatoms. The molecular weight excluding hydrogens is 356 g/mol. The molecule has 142 valence electrons. The number of imidazole rings is 1.